The lowest BCUT2D eigenvalue weighted by atomic mass is 10.1. The first-order valence-electron chi connectivity index (χ1n) is 13.1. The van der Waals surface area contributed by atoms with E-state index in [2.05, 4.69) is 30.4 Å². The summed E-state index contributed by atoms with van der Waals surface area (Å²) in [7, 11) is 0. The van der Waals surface area contributed by atoms with E-state index in [1.165, 1.54) is 37.1 Å². The van der Waals surface area contributed by atoms with E-state index < -0.39 is 17.6 Å². The van der Waals surface area contributed by atoms with Crippen LogP contribution in [-0.4, -0.2) is 52.1 Å². The van der Waals surface area contributed by atoms with Crippen molar-refractivity contribution in [2.75, 3.05) is 46.6 Å². The average molecular weight is 654 g/mol. The van der Waals surface area contributed by atoms with E-state index in [1.807, 2.05) is 0 Å². The molecule has 2 aromatic carbocycles. The van der Waals surface area contributed by atoms with Crippen molar-refractivity contribution in [1.29, 1.82) is 0 Å². The topological polar surface area (TPSA) is 247 Å². The summed E-state index contributed by atoms with van der Waals surface area (Å²) in [5.41, 5.74) is -0.550. The number of amides is 1. The molecule has 5 rings (SSSR count). The minimum atomic E-state index is -4.53. The predicted molar refractivity (Wildman–Crippen MR) is 179 cm³/mol. The molecule has 0 aliphatic carbocycles. The van der Waals surface area contributed by atoms with Crippen molar-refractivity contribution >= 4 is 47.5 Å². The third-order valence-corrected chi connectivity index (χ3v) is 6.84. The van der Waals surface area contributed by atoms with Crippen LogP contribution in [0.1, 0.15) is 60.2 Å². The molecule has 17 heteroatoms. The van der Waals surface area contributed by atoms with Gasteiger partial charge in [0, 0.05) is 49.3 Å². The van der Waals surface area contributed by atoms with E-state index in [4.69, 9.17) is 4.98 Å². The number of anilines is 5. The smallest absolute Gasteiger partial charge is 0.416 e. The Hall–Kier alpha value is -3.96. The van der Waals surface area contributed by atoms with E-state index in [9.17, 15) is 23.1 Å². The number of hydrogen-bond donors (Lipinski definition) is 7. The van der Waals surface area contributed by atoms with Crippen LogP contribution in [-0.2, 0) is 6.18 Å². The molecule has 44 heavy (non-hydrogen) atoms. The highest BCUT2D eigenvalue weighted by Gasteiger charge is 2.30. The van der Waals surface area contributed by atoms with Crippen LogP contribution in [0.5, 0.6) is 5.75 Å². The standard InChI is InChI=1S/C27H30F3N7O2.ClH.4H3N.4H2/c28-27(29,30)18-8-7-9-19(16-18)31-23(39)21-11-10-20(17-22(21)38)32-24-33-25(36-12-3-1-4-13-36)35-26(34-24)37-14-5-2-6-15-37;;;;;;;;;/h7-11,16-17,38H,1-6,12-15H2,(H,31,39)(H,32,33,34,35);1H;4*1H3;4*1H. The van der Waals surface area contributed by atoms with Crippen LogP contribution in [0.4, 0.5) is 42.4 Å². The van der Waals surface area contributed by atoms with Crippen molar-refractivity contribution in [3.8, 4) is 5.75 Å². The van der Waals surface area contributed by atoms with Gasteiger partial charge in [-0.15, -0.1) is 12.4 Å². The van der Waals surface area contributed by atoms with Crippen LogP contribution < -0.4 is 45.0 Å². The number of phenolic OH excluding ortho intramolecular Hbond substituents is 1. The van der Waals surface area contributed by atoms with Crippen molar-refractivity contribution in [1.82, 2.24) is 39.6 Å². The molecule has 0 radical (unpaired) electrons. The predicted octanol–water partition coefficient (Wildman–Crippen LogP) is 7.63. The zero-order valence-electron chi connectivity index (χ0n) is 24.6. The normalized spacial score (nSPS) is 14.3. The Morgan fingerprint density at radius 3 is 1.82 bits per heavy atom. The molecule has 2 saturated heterocycles. The van der Waals surface area contributed by atoms with Gasteiger partial charge in [-0.3, -0.25) is 4.79 Å². The van der Waals surface area contributed by atoms with E-state index in [-0.39, 0.29) is 59.7 Å². The molecule has 13 nitrogen and oxygen atoms in total. The fraction of sp³-hybridized carbons (Fsp3) is 0.407. The van der Waals surface area contributed by atoms with E-state index >= 15 is 0 Å². The van der Waals surface area contributed by atoms with Gasteiger partial charge in [-0.25, -0.2) is 0 Å². The lowest BCUT2D eigenvalue weighted by molar-refractivity contribution is -0.137. The lowest BCUT2D eigenvalue weighted by Crippen LogP contribution is -2.34. The number of alkyl halides is 3. The Balaban J connectivity index is -0.000000685. The molecule has 0 spiro atoms. The molecular formula is C27H51ClF3N11O2. The molecule has 3 aromatic rings. The second-order valence-electron chi connectivity index (χ2n) is 9.74. The molecule has 15 N–H and O–H groups in total. The number of rotatable bonds is 6. The summed E-state index contributed by atoms with van der Waals surface area (Å²) in [5, 5.41) is 16.1. The zero-order valence-corrected chi connectivity index (χ0v) is 25.4. The number of carbonyl (C=O) groups is 1. The minimum Gasteiger partial charge on any atom is -0.507 e. The van der Waals surface area contributed by atoms with Gasteiger partial charge in [0.2, 0.25) is 17.8 Å². The molecule has 2 aliphatic heterocycles. The largest absolute Gasteiger partial charge is 0.507 e. The van der Waals surface area contributed by atoms with Gasteiger partial charge in [0.15, 0.2) is 0 Å². The molecule has 1 amide bonds. The monoisotopic (exact) mass is 653 g/mol. The van der Waals surface area contributed by atoms with E-state index in [0.717, 1.165) is 64.0 Å². The van der Waals surface area contributed by atoms with Crippen molar-refractivity contribution in [3.05, 3.63) is 53.6 Å². The molecular weight excluding hydrogens is 603 g/mol. The molecule has 0 bridgehead atoms. The number of piperidine rings is 2. The van der Waals surface area contributed by atoms with Crippen molar-refractivity contribution in [3.63, 3.8) is 0 Å². The molecule has 3 heterocycles. The molecule has 254 valence electrons. The number of halogens is 4. The first kappa shape index (κ1) is 40.0. The maximum atomic E-state index is 13.0. The van der Waals surface area contributed by atoms with Gasteiger partial charge in [-0.1, -0.05) is 6.07 Å². The van der Waals surface area contributed by atoms with Gasteiger partial charge in [-0.05, 0) is 68.9 Å². The molecule has 0 atom stereocenters. The number of phenols is 1. The van der Waals surface area contributed by atoms with Crippen molar-refractivity contribution < 1.29 is 28.8 Å². The molecule has 0 saturated carbocycles. The van der Waals surface area contributed by atoms with Gasteiger partial charge < -0.3 is 50.1 Å². The van der Waals surface area contributed by atoms with Crippen LogP contribution in [0, 0.1) is 0 Å². The average Bonchev–Trinajstić information content (AvgIpc) is 2.93. The van der Waals surface area contributed by atoms with Gasteiger partial charge in [0.1, 0.15) is 5.75 Å². The number of carbonyl (C=O) groups excluding carboxylic acids is 1. The summed E-state index contributed by atoms with van der Waals surface area (Å²) in [4.78, 5) is 31.0. The maximum absolute atomic E-state index is 13.0. The number of benzene rings is 2. The van der Waals surface area contributed by atoms with Crippen LogP contribution in [0.3, 0.4) is 0 Å². The molecule has 1 aromatic heterocycles. The third-order valence-electron chi connectivity index (χ3n) is 6.84. The fourth-order valence-corrected chi connectivity index (χ4v) is 4.78. The minimum absolute atomic E-state index is 0. The highest BCUT2D eigenvalue weighted by atomic mass is 35.5. The highest BCUT2D eigenvalue weighted by molar-refractivity contribution is 6.06. The second-order valence-corrected chi connectivity index (χ2v) is 9.74. The number of nitrogens with one attached hydrogen (secondary N) is 2. The summed E-state index contributed by atoms with van der Waals surface area (Å²) in [6, 6.07) is 8.63. The van der Waals surface area contributed by atoms with Gasteiger partial charge in [-0.2, -0.15) is 28.1 Å². The van der Waals surface area contributed by atoms with Crippen molar-refractivity contribution in [2.24, 2.45) is 0 Å². The second kappa shape index (κ2) is 17.4. The lowest BCUT2D eigenvalue weighted by Gasteiger charge is -2.30. The van der Waals surface area contributed by atoms with Crippen LogP contribution in [0.2, 0.25) is 0 Å². The Kier molecular flexibility index (Phi) is 15.8. The maximum Gasteiger partial charge on any atom is 0.416 e. The Morgan fingerprint density at radius 1 is 0.773 bits per heavy atom. The van der Waals surface area contributed by atoms with Crippen molar-refractivity contribution in [2.45, 2.75) is 44.7 Å². The fourth-order valence-electron chi connectivity index (χ4n) is 4.78. The number of nitrogens with zero attached hydrogens (tertiary/aromatic N) is 5. The molecule has 2 aliphatic rings. The van der Waals surface area contributed by atoms with Gasteiger partial charge in [0.05, 0.1) is 11.1 Å². The van der Waals surface area contributed by atoms with E-state index in [1.54, 1.807) is 6.07 Å². The Labute approximate surface area is 266 Å². The quantitative estimate of drug-likeness (QED) is 0.136. The number of aromatic nitrogens is 3. The molecule has 0 unspecified atom stereocenters. The zero-order chi connectivity index (χ0) is 27.4. The SMILES string of the molecule is Cl.N.N.N.N.O=C(Nc1cccc(C(F)(F)F)c1)c1ccc(Nc2nc(N3CCCCC3)nc(N3CCCCC3)n2)cc1O.[HH].[HH].[HH].[HH]. The summed E-state index contributed by atoms with van der Waals surface area (Å²) in [5.74, 6) is 0.458. The number of aromatic hydroxyl groups is 1. The highest BCUT2D eigenvalue weighted by Crippen LogP contribution is 2.31. The molecule has 2 fully saturated rings. The van der Waals surface area contributed by atoms with Gasteiger partial charge in [0.25, 0.3) is 5.91 Å². The first-order chi connectivity index (χ1) is 18.8. The number of hydrogen-bond acceptors (Lipinski definition) is 12. The van der Waals surface area contributed by atoms with Crippen LogP contribution in [0.25, 0.3) is 0 Å². The van der Waals surface area contributed by atoms with Gasteiger partial charge >= 0.3 is 6.18 Å². The van der Waals surface area contributed by atoms with Crippen LogP contribution >= 0.6 is 12.4 Å². The van der Waals surface area contributed by atoms with E-state index in [0.29, 0.717) is 23.5 Å². The Bertz CT molecular complexity index is 1320. The summed E-state index contributed by atoms with van der Waals surface area (Å²) in [6.45, 7) is 3.50. The third kappa shape index (κ3) is 9.78. The summed E-state index contributed by atoms with van der Waals surface area (Å²) < 4.78 is 39.0. The summed E-state index contributed by atoms with van der Waals surface area (Å²) >= 11 is 0. The summed E-state index contributed by atoms with van der Waals surface area (Å²) in [6.07, 6.45) is 2.12. The first-order valence-corrected chi connectivity index (χ1v) is 13.1. The Morgan fingerprint density at radius 2 is 1.32 bits per heavy atom. The van der Waals surface area contributed by atoms with Crippen LogP contribution in [0.15, 0.2) is 42.5 Å².